The Balaban J connectivity index is 1.88. The van der Waals surface area contributed by atoms with Crippen molar-refractivity contribution in [3.8, 4) is 11.5 Å². The number of hydrogen-bond acceptors (Lipinski definition) is 4. The summed E-state index contributed by atoms with van der Waals surface area (Å²) >= 11 is 0. The summed E-state index contributed by atoms with van der Waals surface area (Å²) in [5.74, 6) is -0.252. The van der Waals surface area contributed by atoms with Crippen molar-refractivity contribution in [2.75, 3.05) is 6.54 Å². The van der Waals surface area contributed by atoms with Crippen LogP contribution >= 0.6 is 0 Å². The molecule has 0 aliphatic heterocycles. The summed E-state index contributed by atoms with van der Waals surface area (Å²) in [4.78, 5) is 15.5. The van der Waals surface area contributed by atoms with E-state index in [9.17, 15) is 9.90 Å². The van der Waals surface area contributed by atoms with Crippen LogP contribution in [0.4, 0.5) is 0 Å². The standard InChI is InChI=1S/C14H14N2O3/c17-11-3-1-10(2-4-11)5-8-16-14(19)12-6-7-15-9-13(12)18/h1-4,6-7,9,17-18H,5,8H2,(H,16,19). The summed E-state index contributed by atoms with van der Waals surface area (Å²) in [6.07, 6.45) is 3.33. The summed E-state index contributed by atoms with van der Waals surface area (Å²) in [6, 6.07) is 8.26. The molecule has 1 heterocycles. The molecule has 0 radical (unpaired) electrons. The number of nitrogens with zero attached hydrogens (tertiary/aromatic N) is 1. The van der Waals surface area contributed by atoms with Gasteiger partial charge in [0.1, 0.15) is 11.5 Å². The van der Waals surface area contributed by atoms with Crippen LogP contribution in [0.5, 0.6) is 11.5 Å². The van der Waals surface area contributed by atoms with Gasteiger partial charge in [-0.3, -0.25) is 9.78 Å². The van der Waals surface area contributed by atoms with E-state index in [2.05, 4.69) is 10.3 Å². The van der Waals surface area contributed by atoms with Gasteiger partial charge in [0.2, 0.25) is 0 Å². The number of benzene rings is 1. The number of phenolic OH excluding ortho intramolecular Hbond substituents is 1. The fourth-order valence-corrected chi connectivity index (χ4v) is 1.66. The predicted molar refractivity (Wildman–Crippen MR) is 70.0 cm³/mol. The van der Waals surface area contributed by atoms with Gasteiger partial charge in [-0.25, -0.2) is 0 Å². The molecule has 0 atom stereocenters. The molecular formula is C14H14N2O3. The zero-order valence-corrected chi connectivity index (χ0v) is 10.2. The minimum Gasteiger partial charge on any atom is -0.508 e. The Kier molecular flexibility index (Phi) is 3.97. The lowest BCUT2D eigenvalue weighted by Gasteiger charge is -2.06. The normalized spacial score (nSPS) is 10.1. The van der Waals surface area contributed by atoms with Crippen LogP contribution in [0.1, 0.15) is 15.9 Å². The van der Waals surface area contributed by atoms with Gasteiger partial charge in [-0.2, -0.15) is 0 Å². The van der Waals surface area contributed by atoms with Gasteiger partial charge in [-0.1, -0.05) is 12.1 Å². The van der Waals surface area contributed by atoms with Crippen LogP contribution in [0.3, 0.4) is 0 Å². The van der Waals surface area contributed by atoms with Crippen molar-refractivity contribution in [2.45, 2.75) is 6.42 Å². The van der Waals surface area contributed by atoms with Gasteiger partial charge in [-0.15, -0.1) is 0 Å². The second-order valence-electron chi connectivity index (χ2n) is 4.07. The Morgan fingerprint density at radius 1 is 1.16 bits per heavy atom. The Hall–Kier alpha value is -2.56. The van der Waals surface area contributed by atoms with Crippen LogP contribution in [0.15, 0.2) is 42.7 Å². The molecule has 0 aliphatic rings. The topological polar surface area (TPSA) is 82.5 Å². The molecule has 3 N–H and O–H groups in total. The molecule has 2 rings (SSSR count). The quantitative estimate of drug-likeness (QED) is 0.775. The molecule has 0 unspecified atom stereocenters. The maximum atomic E-state index is 11.8. The number of rotatable bonds is 4. The molecule has 5 nitrogen and oxygen atoms in total. The van der Waals surface area contributed by atoms with E-state index in [0.29, 0.717) is 13.0 Å². The van der Waals surface area contributed by atoms with Gasteiger partial charge in [0.25, 0.3) is 5.91 Å². The smallest absolute Gasteiger partial charge is 0.255 e. The van der Waals surface area contributed by atoms with E-state index < -0.39 is 0 Å². The first kappa shape index (κ1) is 12.9. The fraction of sp³-hybridized carbons (Fsp3) is 0.143. The minimum absolute atomic E-state index is 0.135. The van der Waals surface area contributed by atoms with Gasteiger partial charge in [-0.05, 0) is 30.2 Å². The largest absolute Gasteiger partial charge is 0.508 e. The third-order valence-corrected chi connectivity index (χ3v) is 2.68. The van der Waals surface area contributed by atoms with E-state index in [1.54, 1.807) is 24.3 Å². The van der Waals surface area contributed by atoms with Crippen LogP contribution in [0.2, 0.25) is 0 Å². The molecule has 0 aliphatic carbocycles. The van der Waals surface area contributed by atoms with Crippen LogP contribution in [0, 0.1) is 0 Å². The molecule has 0 bridgehead atoms. The van der Waals surface area contributed by atoms with Crippen molar-refractivity contribution in [1.29, 1.82) is 0 Å². The zero-order chi connectivity index (χ0) is 13.7. The van der Waals surface area contributed by atoms with Gasteiger partial charge in [0, 0.05) is 12.7 Å². The first-order valence-electron chi connectivity index (χ1n) is 5.86. The van der Waals surface area contributed by atoms with Gasteiger partial charge in [0.05, 0.1) is 11.8 Å². The van der Waals surface area contributed by atoms with E-state index in [1.165, 1.54) is 18.5 Å². The van der Waals surface area contributed by atoms with E-state index in [1.807, 2.05) is 0 Å². The fourth-order valence-electron chi connectivity index (χ4n) is 1.66. The average Bonchev–Trinajstić information content (AvgIpc) is 2.41. The molecule has 1 aromatic heterocycles. The SMILES string of the molecule is O=C(NCCc1ccc(O)cc1)c1ccncc1O. The second kappa shape index (κ2) is 5.86. The lowest BCUT2D eigenvalue weighted by Crippen LogP contribution is -2.25. The summed E-state index contributed by atoms with van der Waals surface area (Å²) in [7, 11) is 0. The third-order valence-electron chi connectivity index (χ3n) is 2.68. The minimum atomic E-state index is -0.335. The molecule has 0 fully saturated rings. The molecule has 5 heteroatoms. The molecular weight excluding hydrogens is 244 g/mol. The highest BCUT2D eigenvalue weighted by Crippen LogP contribution is 2.13. The first-order valence-corrected chi connectivity index (χ1v) is 5.86. The lowest BCUT2D eigenvalue weighted by atomic mass is 10.1. The number of carbonyl (C=O) groups is 1. The van der Waals surface area contributed by atoms with Gasteiger partial charge in [0.15, 0.2) is 0 Å². The average molecular weight is 258 g/mol. The summed E-state index contributed by atoms with van der Waals surface area (Å²) in [6.45, 7) is 0.450. The number of nitrogens with one attached hydrogen (secondary N) is 1. The maximum Gasteiger partial charge on any atom is 0.255 e. The number of hydrogen-bond donors (Lipinski definition) is 3. The van der Waals surface area contributed by atoms with E-state index in [0.717, 1.165) is 5.56 Å². The second-order valence-corrected chi connectivity index (χ2v) is 4.07. The highest BCUT2D eigenvalue weighted by Gasteiger charge is 2.09. The summed E-state index contributed by atoms with van der Waals surface area (Å²) in [5, 5.41) is 21.3. The van der Waals surface area contributed by atoms with E-state index in [-0.39, 0.29) is 23.0 Å². The monoisotopic (exact) mass is 258 g/mol. The van der Waals surface area contributed by atoms with Crippen molar-refractivity contribution < 1.29 is 15.0 Å². The Labute approximate surface area is 110 Å². The third kappa shape index (κ3) is 3.45. The summed E-state index contributed by atoms with van der Waals surface area (Å²) < 4.78 is 0. The molecule has 1 aromatic carbocycles. The maximum absolute atomic E-state index is 11.8. The molecule has 1 amide bonds. The number of amides is 1. The number of carbonyl (C=O) groups excluding carboxylic acids is 1. The van der Waals surface area contributed by atoms with Gasteiger partial charge < -0.3 is 15.5 Å². The number of aromatic nitrogens is 1. The molecule has 0 saturated carbocycles. The Bertz CT molecular complexity index is 567. The molecule has 98 valence electrons. The number of pyridine rings is 1. The van der Waals surface area contributed by atoms with E-state index in [4.69, 9.17) is 5.11 Å². The van der Waals surface area contributed by atoms with Crippen LogP contribution in [-0.4, -0.2) is 27.6 Å². The van der Waals surface area contributed by atoms with Crippen LogP contribution in [0.25, 0.3) is 0 Å². The molecule has 0 spiro atoms. The van der Waals surface area contributed by atoms with Crippen LogP contribution in [-0.2, 0) is 6.42 Å². The zero-order valence-electron chi connectivity index (χ0n) is 10.2. The van der Waals surface area contributed by atoms with E-state index >= 15 is 0 Å². The van der Waals surface area contributed by atoms with Crippen molar-refractivity contribution in [1.82, 2.24) is 10.3 Å². The predicted octanol–water partition coefficient (Wildman–Crippen LogP) is 1.47. The summed E-state index contributed by atoms with van der Waals surface area (Å²) in [5.41, 5.74) is 1.22. The van der Waals surface area contributed by atoms with Gasteiger partial charge >= 0.3 is 0 Å². The molecule has 2 aromatic rings. The highest BCUT2D eigenvalue weighted by atomic mass is 16.3. The van der Waals surface area contributed by atoms with Crippen molar-refractivity contribution in [2.24, 2.45) is 0 Å². The number of aromatic hydroxyl groups is 2. The lowest BCUT2D eigenvalue weighted by molar-refractivity contribution is 0.0951. The van der Waals surface area contributed by atoms with Crippen molar-refractivity contribution >= 4 is 5.91 Å². The van der Waals surface area contributed by atoms with Crippen LogP contribution < -0.4 is 5.32 Å². The number of phenols is 1. The highest BCUT2D eigenvalue weighted by molar-refractivity contribution is 5.96. The molecule has 0 saturated heterocycles. The Morgan fingerprint density at radius 3 is 2.58 bits per heavy atom. The van der Waals surface area contributed by atoms with Crippen molar-refractivity contribution in [3.05, 3.63) is 53.9 Å². The molecule has 19 heavy (non-hydrogen) atoms. The Morgan fingerprint density at radius 2 is 1.89 bits per heavy atom. The first-order chi connectivity index (χ1) is 9.16. The van der Waals surface area contributed by atoms with Crippen molar-refractivity contribution in [3.63, 3.8) is 0 Å².